The molecular weight excluding hydrogens is 264 g/mol. The summed E-state index contributed by atoms with van der Waals surface area (Å²) in [7, 11) is 3.06. The van der Waals surface area contributed by atoms with Gasteiger partial charge < -0.3 is 21.7 Å². The van der Waals surface area contributed by atoms with Crippen molar-refractivity contribution in [2.24, 2.45) is 5.92 Å². The molecule has 0 saturated carbocycles. The van der Waals surface area contributed by atoms with Crippen molar-refractivity contribution < 1.29 is 9.59 Å². The van der Waals surface area contributed by atoms with E-state index in [1.54, 1.807) is 0 Å². The summed E-state index contributed by atoms with van der Waals surface area (Å²) < 4.78 is 0. The highest BCUT2D eigenvalue weighted by Gasteiger charge is 2.24. The smallest absolute Gasteiger partial charge is 0.263 e. The van der Waals surface area contributed by atoms with Crippen molar-refractivity contribution in [1.29, 1.82) is 0 Å². The highest BCUT2D eigenvalue weighted by atomic mass is 32.1. The van der Waals surface area contributed by atoms with Crippen LogP contribution in [0.15, 0.2) is 0 Å². The Morgan fingerprint density at radius 1 is 1.21 bits per heavy atom. The maximum atomic E-state index is 11.9. The van der Waals surface area contributed by atoms with E-state index in [1.165, 1.54) is 25.4 Å². The van der Waals surface area contributed by atoms with E-state index in [-0.39, 0.29) is 17.5 Å². The summed E-state index contributed by atoms with van der Waals surface area (Å²) in [5, 5.41) is 8.85. The Bertz CT molecular complexity index is 482. The van der Waals surface area contributed by atoms with Gasteiger partial charge in [0.25, 0.3) is 11.8 Å². The lowest BCUT2D eigenvalue weighted by Crippen LogP contribution is -2.22. The molecular formula is C12H20N4O2S. The molecule has 0 fully saturated rings. The van der Waals surface area contributed by atoms with Gasteiger partial charge in [-0.05, 0) is 5.92 Å². The number of carbonyl (C=O) groups is 2. The average molecular weight is 284 g/mol. The second-order valence-electron chi connectivity index (χ2n) is 4.48. The van der Waals surface area contributed by atoms with Crippen LogP contribution in [-0.2, 0) is 0 Å². The molecule has 19 heavy (non-hydrogen) atoms. The molecule has 1 aromatic rings. The molecule has 0 aliphatic carbocycles. The Balaban J connectivity index is 3.19. The lowest BCUT2D eigenvalue weighted by Gasteiger charge is -2.09. The minimum atomic E-state index is -0.296. The maximum absolute atomic E-state index is 11.9. The monoisotopic (exact) mass is 284 g/mol. The number of nitrogens with one attached hydrogen (secondary N) is 3. The maximum Gasteiger partial charge on any atom is 0.263 e. The van der Waals surface area contributed by atoms with Crippen LogP contribution in [0.3, 0.4) is 0 Å². The molecule has 5 N–H and O–H groups in total. The minimum Gasteiger partial charge on any atom is -0.397 e. The first-order valence-corrected chi connectivity index (χ1v) is 6.84. The molecule has 2 amide bonds. The van der Waals surface area contributed by atoms with Gasteiger partial charge in [0.1, 0.15) is 9.88 Å². The number of amides is 2. The summed E-state index contributed by atoms with van der Waals surface area (Å²) >= 11 is 1.20. The molecule has 1 aromatic heterocycles. The number of nitrogen functional groups attached to an aromatic ring is 1. The number of anilines is 2. The van der Waals surface area contributed by atoms with Gasteiger partial charge in [0, 0.05) is 20.6 Å². The van der Waals surface area contributed by atoms with E-state index in [9.17, 15) is 9.59 Å². The van der Waals surface area contributed by atoms with Crippen LogP contribution >= 0.6 is 11.3 Å². The summed E-state index contributed by atoms with van der Waals surface area (Å²) in [5.74, 6) is -0.162. The van der Waals surface area contributed by atoms with Crippen molar-refractivity contribution in [3.63, 3.8) is 0 Å². The van der Waals surface area contributed by atoms with E-state index in [2.05, 4.69) is 29.8 Å². The number of hydrogen-bond acceptors (Lipinski definition) is 5. The number of carbonyl (C=O) groups excluding carboxylic acids is 2. The highest BCUT2D eigenvalue weighted by Crippen LogP contribution is 2.35. The van der Waals surface area contributed by atoms with Crippen LogP contribution in [0.4, 0.5) is 10.7 Å². The molecule has 0 atom stereocenters. The van der Waals surface area contributed by atoms with E-state index >= 15 is 0 Å². The summed E-state index contributed by atoms with van der Waals surface area (Å²) in [6.07, 6.45) is 0. The van der Waals surface area contributed by atoms with Crippen molar-refractivity contribution >= 4 is 33.8 Å². The first-order chi connectivity index (χ1) is 8.92. The van der Waals surface area contributed by atoms with Crippen LogP contribution in [0.5, 0.6) is 0 Å². The van der Waals surface area contributed by atoms with Gasteiger partial charge in [-0.1, -0.05) is 13.8 Å². The number of nitrogens with two attached hydrogens (primary N) is 1. The molecule has 106 valence electrons. The lowest BCUT2D eigenvalue weighted by molar-refractivity contribution is 0.0963. The fraction of sp³-hybridized carbons (Fsp3) is 0.500. The third-order valence-corrected chi connectivity index (χ3v) is 3.67. The van der Waals surface area contributed by atoms with Crippen molar-refractivity contribution in [3.05, 3.63) is 10.4 Å². The van der Waals surface area contributed by atoms with E-state index in [1.807, 2.05) is 0 Å². The molecule has 6 nitrogen and oxygen atoms in total. The third kappa shape index (κ3) is 3.37. The van der Waals surface area contributed by atoms with Crippen molar-refractivity contribution in [3.8, 4) is 0 Å². The Morgan fingerprint density at radius 2 is 1.79 bits per heavy atom. The van der Waals surface area contributed by atoms with Crippen LogP contribution in [0.1, 0.15) is 33.9 Å². The Kier molecular flexibility index (Phi) is 5.17. The van der Waals surface area contributed by atoms with Crippen molar-refractivity contribution in [1.82, 2.24) is 10.6 Å². The molecule has 0 aromatic carbocycles. The fourth-order valence-corrected chi connectivity index (χ4v) is 2.57. The summed E-state index contributed by atoms with van der Waals surface area (Å²) in [5.41, 5.74) is 6.47. The topological polar surface area (TPSA) is 96.2 Å². The molecule has 0 bridgehead atoms. The quantitative estimate of drug-likeness (QED) is 0.651. The normalized spacial score (nSPS) is 10.4. The predicted molar refractivity (Wildman–Crippen MR) is 78.8 cm³/mol. The van der Waals surface area contributed by atoms with Crippen LogP contribution in [0.25, 0.3) is 0 Å². The van der Waals surface area contributed by atoms with E-state index in [0.717, 1.165) is 0 Å². The zero-order valence-corrected chi connectivity index (χ0v) is 12.4. The van der Waals surface area contributed by atoms with Gasteiger partial charge in [0.05, 0.1) is 11.3 Å². The minimum absolute atomic E-state index is 0.218. The van der Waals surface area contributed by atoms with Gasteiger partial charge in [-0.3, -0.25) is 9.59 Å². The molecule has 1 rings (SSSR count). The average Bonchev–Trinajstić information content (AvgIpc) is 2.71. The summed E-state index contributed by atoms with van der Waals surface area (Å²) in [6.45, 7) is 4.82. The molecule has 0 saturated heterocycles. The third-order valence-electron chi connectivity index (χ3n) is 2.50. The molecule has 1 heterocycles. The molecule has 0 aliphatic heterocycles. The summed E-state index contributed by atoms with van der Waals surface area (Å²) in [6, 6.07) is 0. The highest BCUT2D eigenvalue weighted by molar-refractivity contribution is 7.19. The second kappa shape index (κ2) is 6.42. The first-order valence-electron chi connectivity index (χ1n) is 6.02. The van der Waals surface area contributed by atoms with E-state index < -0.39 is 0 Å². The zero-order chi connectivity index (χ0) is 14.6. The lowest BCUT2D eigenvalue weighted by atomic mass is 10.2. The first kappa shape index (κ1) is 15.3. The second-order valence-corrected chi connectivity index (χ2v) is 5.50. The molecule has 7 heteroatoms. The molecule has 0 spiro atoms. The predicted octanol–water partition coefficient (Wildman–Crippen LogP) is 1.12. The zero-order valence-electron chi connectivity index (χ0n) is 11.6. The van der Waals surface area contributed by atoms with Gasteiger partial charge in [0.15, 0.2) is 0 Å². The van der Waals surface area contributed by atoms with Crippen LogP contribution in [0.2, 0.25) is 0 Å². The standard InChI is InChI=1S/C12H20N4O2S/c1-6(2)5-16-12-7(10(17)14-3)8(13)9(19-12)11(18)15-4/h6,16H,5,13H2,1-4H3,(H,14,17)(H,15,18). The summed E-state index contributed by atoms with van der Waals surface area (Å²) in [4.78, 5) is 23.9. The fourth-order valence-electron chi connectivity index (χ4n) is 1.50. The van der Waals surface area contributed by atoms with Crippen molar-refractivity contribution in [2.45, 2.75) is 13.8 Å². The SMILES string of the molecule is CNC(=O)c1sc(NCC(C)C)c(C(=O)NC)c1N. The Morgan fingerprint density at radius 3 is 2.26 bits per heavy atom. The number of rotatable bonds is 5. The van der Waals surface area contributed by atoms with E-state index in [4.69, 9.17) is 5.73 Å². The van der Waals surface area contributed by atoms with Crippen LogP contribution in [-0.4, -0.2) is 32.5 Å². The Labute approximate surface area is 116 Å². The molecule has 0 unspecified atom stereocenters. The van der Waals surface area contributed by atoms with Crippen molar-refractivity contribution in [2.75, 3.05) is 31.7 Å². The van der Waals surface area contributed by atoms with Crippen LogP contribution in [0, 0.1) is 5.92 Å². The van der Waals surface area contributed by atoms with Gasteiger partial charge in [-0.2, -0.15) is 0 Å². The van der Waals surface area contributed by atoms with E-state index in [0.29, 0.717) is 27.9 Å². The van der Waals surface area contributed by atoms with Gasteiger partial charge in [-0.25, -0.2) is 0 Å². The number of hydrogen-bond donors (Lipinski definition) is 4. The van der Waals surface area contributed by atoms with Gasteiger partial charge in [0.2, 0.25) is 0 Å². The van der Waals surface area contributed by atoms with Crippen LogP contribution < -0.4 is 21.7 Å². The molecule has 0 aliphatic rings. The Hall–Kier alpha value is -1.76. The van der Waals surface area contributed by atoms with Gasteiger partial charge >= 0.3 is 0 Å². The number of thiophene rings is 1. The molecule has 0 radical (unpaired) electrons. The largest absolute Gasteiger partial charge is 0.397 e. The van der Waals surface area contributed by atoms with Gasteiger partial charge in [-0.15, -0.1) is 11.3 Å².